The number of aliphatic hydroxyl groups is 1. The Hall–Kier alpha value is -1.82. The van der Waals surface area contributed by atoms with Gasteiger partial charge in [0.15, 0.2) is 0 Å². The summed E-state index contributed by atoms with van der Waals surface area (Å²) in [6, 6.07) is 3.74. The van der Waals surface area contributed by atoms with E-state index in [1.54, 1.807) is 0 Å². The number of hydrogen-bond acceptors (Lipinski definition) is 5. The third-order valence-corrected chi connectivity index (χ3v) is 2.52. The number of ether oxygens (including phenoxy) is 2. The Kier molecular flexibility index (Phi) is 5.57. The Balaban J connectivity index is 2.64. The van der Waals surface area contributed by atoms with E-state index in [1.807, 2.05) is 19.1 Å². The highest BCUT2D eigenvalue weighted by Crippen LogP contribution is 2.11. The minimum Gasteiger partial charge on any atom is -0.463 e. The van der Waals surface area contributed by atoms with Crippen molar-refractivity contribution in [2.45, 2.75) is 39.4 Å². The molecule has 6 nitrogen and oxygen atoms in total. The molecule has 1 aromatic heterocycles. The van der Waals surface area contributed by atoms with Crippen LogP contribution in [-0.2, 0) is 25.5 Å². The molecule has 0 spiro atoms. The van der Waals surface area contributed by atoms with Gasteiger partial charge in [-0.05, 0) is 19.1 Å². The summed E-state index contributed by atoms with van der Waals surface area (Å²) >= 11 is 0. The summed E-state index contributed by atoms with van der Waals surface area (Å²) < 4.78 is 9.78. The van der Waals surface area contributed by atoms with E-state index in [0.29, 0.717) is 6.42 Å². The third kappa shape index (κ3) is 5.56. The maximum Gasteiger partial charge on any atom is 0.303 e. The molecule has 0 radical (unpaired) electrons. The van der Waals surface area contributed by atoms with Gasteiger partial charge in [-0.2, -0.15) is 0 Å². The zero-order valence-electron chi connectivity index (χ0n) is 11.3. The van der Waals surface area contributed by atoms with Crippen molar-refractivity contribution in [2.24, 2.45) is 0 Å². The van der Waals surface area contributed by atoms with E-state index >= 15 is 0 Å². The van der Waals surface area contributed by atoms with Gasteiger partial charge in [0.1, 0.15) is 18.8 Å². The number of carbonyl (C=O) groups excluding carboxylic acids is 2. The summed E-state index contributed by atoms with van der Waals surface area (Å²) in [7, 11) is 0. The number of aryl methyl sites for hydroxylation is 1. The fraction of sp³-hybridized carbons (Fsp3) is 0.538. The molecule has 0 unspecified atom stereocenters. The monoisotopic (exact) mass is 269 g/mol. The van der Waals surface area contributed by atoms with Crippen LogP contribution in [0, 0.1) is 6.92 Å². The number of carbonyl (C=O) groups is 2. The Morgan fingerprint density at radius 3 is 2.47 bits per heavy atom. The molecule has 0 saturated carbocycles. The van der Waals surface area contributed by atoms with Crippen molar-refractivity contribution in [2.75, 3.05) is 6.61 Å². The first kappa shape index (κ1) is 15.2. The lowest BCUT2D eigenvalue weighted by Crippen LogP contribution is -2.36. The van der Waals surface area contributed by atoms with Gasteiger partial charge in [-0.25, -0.2) is 0 Å². The Bertz CT molecular complexity index is 440. The fourth-order valence-corrected chi connectivity index (χ4v) is 1.68. The van der Waals surface area contributed by atoms with E-state index in [4.69, 9.17) is 9.47 Å². The van der Waals surface area contributed by atoms with Crippen LogP contribution in [0.4, 0.5) is 0 Å². The molecule has 0 saturated heterocycles. The predicted octanol–water partition coefficient (Wildman–Crippen LogP) is 0.721. The van der Waals surface area contributed by atoms with Crippen molar-refractivity contribution in [3.63, 3.8) is 0 Å². The van der Waals surface area contributed by atoms with Crippen molar-refractivity contribution >= 4 is 11.9 Å². The van der Waals surface area contributed by atoms with Gasteiger partial charge in [0.2, 0.25) is 0 Å². The second-order valence-electron chi connectivity index (χ2n) is 4.39. The predicted molar refractivity (Wildman–Crippen MR) is 67.4 cm³/mol. The topological polar surface area (TPSA) is 88.6 Å². The number of aromatic nitrogens is 1. The molecular weight excluding hydrogens is 250 g/mol. The standard InChI is InChI=1S/C13H19NO5/c1-8-4-5-11(14-8)6-13(19-10(3)16)12(17)7-18-9(2)15/h4-5,12-14,17H,6-7H2,1-3H3/t12-,13+/m1/s1. The molecule has 2 atom stereocenters. The van der Waals surface area contributed by atoms with Crippen molar-refractivity contribution in [1.82, 2.24) is 4.98 Å². The van der Waals surface area contributed by atoms with Crippen molar-refractivity contribution < 1.29 is 24.2 Å². The molecule has 106 valence electrons. The van der Waals surface area contributed by atoms with Gasteiger partial charge >= 0.3 is 11.9 Å². The average Bonchev–Trinajstić information content (AvgIpc) is 2.70. The number of hydrogen-bond donors (Lipinski definition) is 2. The lowest BCUT2D eigenvalue weighted by atomic mass is 10.1. The van der Waals surface area contributed by atoms with E-state index in [-0.39, 0.29) is 6.61 Å². The first-order valence-corrected chi connectivity index (χ1v) is 6.01. The highest BCUT2D eigenvalue weighted by atomic mass is 16.6. The molecule has 0 fully saturated rings. The van der Waals surface area contributed by atoms with Crippen LogP contribution < -0.4 is 0 Å². The lowest BCUT2D eigenvalue weighted by Gasteiger charge is -2.21. The van der Waals surface area contributed by atoms with Crippen molar-refractivity contribution in [1.29, 1.82) is 0 Å². The maximum absolute atomic E-state index is 11.0. The molecule has 1 aromatic rings. The minimum atomic E-state index is -1.06. The van der Waals surface area contributed by atoms with Gasteiger partial charge in [-0.3, -0.25) is 9.59 Å². The molecule has 2 N–H and O–H groups in total. The van der Waals surface area contributed by atoms with Crippen LogP contribution in [0.25, 0.3) is 0 Å². The van der Waals surface area contributed by atoms with Crippen LogP contribution in [0.1, 0.15) is 25.2 Å². The molecule has 0 aromatic carbocycles. The molecule has 0 bridgehead atoms. The number of aliphatic hydroxyl groups excluding tert-OH is 1. The van der Waals surface area contributed by atoms with E-state index in [0.717, 1.165) is 11.4 Å². The highest BCUT2D eigenvalue weighted by molar-refractivity contribution is 5.66. The Morgan fingerprint density at radius 2 is 2.00 bits per heavy atom. The summed E-state index contributed by atoms with van der Waals surface area (Å²) in [6.45, 7) is 4.22. The molecule has 6 heteroatoms. The van der Waals surface area contributed by atoms with Gasteiger partial charge in [0, 0.05) is 31.7 Å². The van der Waals surface area contributed by atoms with Gasteiger partial charge in [0.05, 0.1) is 0 Å². The largest absolute Gasteiger partial charge is 0.463 e. The normalized spacial score (nSPS) is 13.7. The second-order valence-corrected chi connectivity index (χ2v) is 4.39. The summed E-state index contributed by atoms with van der Waals surface area (Å²) in [5.41, 5.74) is 1.82. The summed E-state index contributed by atoms with van der Waals surface area (Å²) in [4.78, 5) is 24.8. The molecule has 0 aliphatic heterocycles. The number of H-pyrrole nitrogens is 1. The van der Waals surface area contributed by atoms with Gasteiger partial charge < -0.3 is 19.6 Å². The number of aromatic amines is 1. The molecule has 1 rings (SSSR count). The fourth-order valence-electron chi connectivity index (χ4n) is 1.68. The zero-order valence-corrected chi connectivity index (χ0v) is 11.3. The van der Waals surface area contributed by atoms with Crippen molar-refractivity contribution in [3.8, 4) is 0 Å². The highest BCUT2D eigenvalue weighted by Gasteiger charge is 2.24. The van der Waals surface area contributed by atoms with Crippen LogP contribution in [0.5, 0.6) is 0 Å². The average molecular weight is 269 g/mol. The van der Waals surface area contributed by atoms with Gasteiger partial charge in [0.25, 0.3) is 0 Å². The zero-order chi connectivity index (χ0) is 14.4. The number of rotatable bonds is 6. The number of esters is 2. The van der Waals surface area contributed by atoms with Crippen LogP contribution in [0.3, 0.4) is 0 Å². The van der Waals surface area contributed by atoms with E-state index in [2.05, 4.69) is 4.98 Å². The van der Waals surface area contributed by atoms with Crippen molar-refractivity contribution in [3.05, 3.63) is 23.5 Å². The summed E-state index contributed by atoms with van der Waals surface area (Å²) in [5, 5.41) is 9.91. The third-order valence-electron chi connectivity index (χ3n) is 2.52. The molecule has 0 aliphatic rings. The van der Waals surface area contributed by atoms with Crippen LogP contribution in [-0.4, -0.2) is 40.8 Å². The smallest absolute Gasteiger partial charge is 0.303 e. The Morgan fingerprint density at radius 1 is 1.32 bits per heavy atom. The first-order chi connectivity index (χ1) is 8.88. The van der Waals surface area contributed by atoms with Crippen LogP contribution in [0.15, 0.2) is 12.1 Å². The lowest BCUT2D eigenvalue weighted by molar-refractivity contribution is -0.158. The quantitative estimate of drug-likeness (QED) is 0.743. The van der Waals surface area contributed by atoms with E-state index in [1.165, 1.54) is 13.8 Å². The summed E-state index contributed by atoms with van der Waals surface area (Å²) in [5.74, 6) is -0.980. The SMILES string of the molecule is CC(=O)OC[C@@H](O)[C@H](Cc1ccc(C)[nH]1)OC(C)=O. The molecule has 0 amide bonds. The molecule has 0 aliphatic carbocycles. The number of nitrogens with one attached hydrogen (secondary N) is 1. The molecule has 1 heterocycles. The maximum atomic E-state index is 11.0. The van der Waals surface area contributed by atoms with E-state index < -0.39 is 24.1 Å². The van der Waals surface area contributed by atoms with Gasteiger partial charge in [-0.15, -0.1) is 0 Å². The Labute approximate surface area is 111 Å². The van der Waals surface area contributed by atoms with Crippen LogP contribution in [0.2, 0.25) is 0 Å². The van der Waals surface area contributed by atoms with Gasteiger partial charge in [-0.1, -0.05) is 0 Å². The minimum absolute atomic E-state index is 0.201. The molecular formula is C13H19NO5. The van der Waals surface area contributed by atoms with E-state index in [9.17, 15) is 14.7 Å². The molecule has 19 heavy (non-hydrogen) atoms. The second kappa shape index (κ2) is 6.94. The summed E-state index contributed by atoms with van der Waals surface area (Å²) in [6.07, 6.45) is -1.48. The first-order valence-electron chi connectivity index (χ1n) is 6.01. The van der Waals surface area contributed by atoms with Crippen LogP contribution >= 0.6 is 0 Å².